The number of aliphatic carboxylic acids is 1. The molecule has 2 aromatic rings. The molecular weight excluding hydrogens is 335 g/mol. The standard InChI is InChI=1S/C18H16F3NO3/c1-11-4-2-5-12(8-11)9-15(17(24)25)22-16(23)13-6-3-7-14(10-13)18(19,20)21/h2-8,10,15H,9H2,1H3,(H,22,23)(H,24,25)/t15-/m1/s1. The maximum atomic E-state index is 12.7. The molecule has 0 heterocycles. The number of nitrogens with one attached hydrogen (secondary N) is 1. The van der Waals surface area contributed by atoms with E-state index in [2.05, 4.69) is 5.32 Å². The van der Waals surface area contributed by atoms with E-state index in [1.54, 1.807) is 18.2 Å². The molecule has 0 saturated carbocycles. The summed E-state index contributed by atoms with van der Waals surface area (Å²) in [5, 5.41) is 11.6. The zero-order chi connectivity index (χ0) is 18.6. The summed E-state index contributed by atoms with van der Waals surface area (Å²) in [4.78, 5) is 23.5. The summed E-state index contributed by atoms with van der Waals surface area (Å²) in [6.45, 7) is 1.85. The van der Waals surface area contributed by atoms with Gasteiger partial charge in [0.25, 0.3) is 5.91 Å². The lowest BCUT2D eigenvalue weighted by Crippen LogP contribution is -2.42. The number of halogens is 3. The van der Waals surface area contributed by atoms with Gasteiger partial charge in [-0.05, 0) is 30.7 Å². The van der Waals surface area contributed by atoms with Gasteiger partial charge in [0.15, 0.2) is 0 Å². The molecule has 0 aromatic heterocycles. The summed E-state index contributed by atoms with van der Waals surface area (Å²) in [6.07, 6.45) is -4.55. The van der Waals surface area contributed by atoms with E-state index in [1.165, 1.54) is 6.07 Å². The van der Waals surface area contributed by atoms with Gasteiger partial charge in [-0.1, -0.05) is 35.9 Å². The highest BCUT2D eigenvalue weighted by molar-refractivity contribution is 5.96. The average molecular weight is 351 g/mol. The molecule has 0 unspecified atom stereocenters. The Balaban J connectivity index is 2.17. The lowest BCUT2D eigenvalue weighted by molar-refractivity contribution is -0.139. The molecule has 0 spiro atoms. The first-order valence-corrected chi connectivity index (χ1v) is 7.43. The van der Waals surface area contributed by atoms with E-state index in [0.717, 1.165) is 17.7 Å². The summed E-state index contributed by atoms with van der Waals surface area (Å²) in [5.41, 5.74) is 0.429. The summed E-state index contributed by atoms with van der Waals surface area (Å²) in [5.74, 6) is -2.13. The van der Waals surface area contributed by atoms with Crippen molar-refractivity contribution in [3.63, 3.8) is 0 Å². The highest BCUT2D eigenvalue weighted by atomic mass is 19.4. The van der Waals surface area contributed by atoms with E-state index in [9.17, 15) is 27.9 Å². The van der Waals surface area contributed by atoms with E-state index < -0.39 is 29.7 Å². The van der Waals surface area contributed by atoms with Gasteiger partial charge >= 0.3 is 12.1 Å². The van der Waals surface area contributed by atoms with E-state index in [4.69, 9.17) is 0 Å². The van der Waals surface area contributed by atoms with Gasteiger partial charge < -0.3 is 10.4 Å². The molecule has 2 rings (SSSR count). The Hall–Kier alpha value is -2.83. The molecule has 0 aliphatic rings. The second-order valence-corrected chi connectivity index (χ2v) is 5.64. The number of aryl methyl sites for hydroxylation is 1. The summed E-state index contributed by atoms with van der Waals surface area (Å²) in [7, 11) is 0. The largest absolute Gasteiger partial charge is 0.480 e. The Morgan fingerprint density at radius 2 is 1.80 bits per heavy atom. The monoisotopic (exact) mass is 351 g/mol. The molecule has 0 radical (unpaired) electrons. The van der Waals surface area contributed by atoms with Crippen LogP contribution in [0.3, 0.4) is 0 Å². The number of amides is 1. The van der Waals surface area contributed by atoms with Crippen molar-refractivity contribution in [1.82, 2.24) is 5.32 Å². The van der Waals surface area contributed by atoms with Crippen molar-refractivity contribution in [2.75, 3.05) is 0 Å². The number of alkyl halides is 3. The fourth-order valence-corrected chi connectivity index (χ4v) is 2.35. The number of hydrogen-bond acceptors (Lipinski definition) is 2. The molecule has 0 saturated heterocycles. The molecular formula is C18H16F3NO3. The van der Waals surface area contributed by atoms with Gasteiger partial charge in [0.2, 0.25) is 0 Å². The van der Waals surface area contributed by atoms with Gasteiger partial charge in [-0.15, -0.1) is 0 Å². The Labute approximate surface area is 142 Å². The fourth-order valence-electron chi connectivity index (χ4n) is 2.35. The summed E-state index contributed by atoms with van der Waals surface area (Å²) < 4.78 is 38.2. The predicted molar refractivity (Wildman–Crippen MR) is 85.2 cm³/mol. The van der Waals surface area contributed by atoms with Crippen LogP contribution in [-0.2, 0) is 17.4 Å². The molecule has 2 aromatic carbocycles. The van der Waals surface area contributed by atoms with Crippen LogP contribution in [-0.4, -0.2) is 23.0 Å². The molecule has 132 valence electrons. The number of carboxylic acids is 1. The third kappa shape index (κ3) is 5.07. The van der Waals surface area contributed by atoms with Crippen molar-refractivity contribution in [3.05, 3.63) is 70.8 Å². The third-order valence-electron chi connectivity index (χ3n) is 3.58. The molecule has 1 amide bonds. The number of carboxylic acid groups (broad SMARTS) is 1. The van der Waals surface area contributed by atoms with Crippen LogP contribution in [0.15, 0.2) is 48.5 Å². The second kappa shape index (κ2) is 7.38. The number of hydrogen-bond donors (Lipinski definition) is 2. The molecule has 25 heavy (non-hydrogen) atoms. The highest BCUT2D eigenvalue weighted by Gasteiger charge is 2.31. The average Bonchev–Trinajstić information content (AvgIpc) is 2.53. The third-order valence-corrected chi connectivity index (χ3v) is 3.58. The zero-order valence-electron chi connectivity index (χ0n) is 13.3. The molecule has 0 aliphatic heterocycles. The predicted octanol–water partition coefficient (Wildman–Crippen LogP) is 3.44. The van der Waals surface area contributed by atoms with Crippen LogP contribution >= 0.6 is 0 Å². The first kappa shape index (κ1) is 18.5. The van der Waals surface area contributed by atoms with Gasteiger partial charge in [-0.25, -0.2) is 4.79 Å². The van der Waals surface area contributed by atoms with Crippen molar-refractivity contribution in [1.29, 1.82) is 0 Å². The van der Waals surface area contributed by atoms with Crippen molar-refractivity contribution < 1.29 is 27.9 Å². The molecule has 2 N–H and O–H groups in total. The second-order valence-electron chi connectivity index (χ2n) is 5.64. The van der Waals surface area contributed by atoms with Crippen LogP contribution < -0.4 is 5.32 Å². The number of benzene rings is 2. The number of rotatable bonds is 5. The first-order chi connectivity index (χ1) is 11.7. The van der Waals surface area contributed by atoms with E-state index in [-0.39, 0.29) is 12.0 Å². The van der Waals surface area contributed by atoms with E-state index in [1.807, 2.05) is 13.0 Å². The van der Waals surface area contributed by atoms with Gasteiger partial charge in [0.05, 0.1) is 5.56 Å². The zero-order valence-corrected chi connectivity index (χ0v) is 13.3. The molecule has 1 atom stereocenters. The van der Waals surface area contributed by atoms with Crippen molar-refractivity contribution in [2.24, 2.45) is 0 Å². The SMILES string of the molecule is Cc1cccc(C[C@@H](NC(=O)c2cccc(C(F)(F)F)c2)C(=O)O)c1. The van der Waals surface area contributed by atoms with Crippen LogP contribution in [0.4, 0.5) is 13.2 Å². The van der Waals surface area contributed by atoms with Crippen LogP contribution in [0.1, 0.15) is 27.0 Å². The first-order valence-electron chi connectivity index (χ1n) is 7.43. The smallest absolute Gasteiger partial charge is 0.416 e. The summed E-state index contributed by atoms with van der Waals surface area (Å²) in [6, 6.07) is 9.72. The normalized spacial score (nSPS) is 12.5. The van der Waals surface area contributed by atoms with Crippen LogP contribution in [0, 0.1) is 6.92 Å². The van der Waals surface area contributed by atoms with Crippen molar-refractivity contribution in [2.45, 2.75) is 25.6 Å². The van der Waals surface area contributed by atoms with Crippen molar-refractivity contribution >= 4 is 11.9 Å². The van der Waals surface area contributed by atoms with Crippen molar-refractivity contribution in [3.8, 4) is 0 Å². The number of carbonyl (C=O) groups excluding carboxylic acids is 1. The summed E-state index contributed by atoms with van der Waals surface area (Å²) >= 11 is 0. The Morgan fingerprint density at radius 3 is 2.40 bits per heavy atom. The highest BCUT2D eigenvalue weighted by Crippen LogP contribution is 2.29. The number of carbonyl (C=O) groups is 2. The molecule has 4 nitrogen and oxygen atoms in total. The quantitative estimate of drug-likeness (QED) is 0.867. The minimum absolute atomic E-state index is 0.0295. The molecule has 0 fully saturated rings. The minimum atomic E-state index is -4.58. The Morgan fingerprint density at radius 1 is 1.12 bits per heavy atom. The molecule has 0 bridgehead atoms. The molecule has 0 aliphatic carbocycles. The van der Waals surface area contributed by atoms with Gasteiger partial charge in [-0.2, -0.15) is 13.2 Å². The van der Waals surface area contributed by atoms with E-state index in [0.29, 0.717) is 11.6 Å². The van der Waals surface area contributed by atoms with Crippen LogP contribution in [0.5, 0.6) is 0 Å². The van der Waals surface area contributed by atoms with Gasteiger partial charge in [-0.3, -0.25) is 4.79 Å². The van der Waals surface area contributed by atoms with Crippen LogP contribution in [0.2, 0.25) is 0 Å². The molecule has 7 heteroatoms. The van der Waals surface area contributed by atoms with Crippen LogP contribution in [0.25, 0.3) is 0 Å². The van der Waals surface area contributed by atoms with Gasteiger partial charge in [0, 0.05) is 12.0 Å². The fraction of sp³-hybridized carbons (Fsp3) is 0.222. The Kier molecular flexibility index (Phi) is 5.46. The van der Waals surface area contributed by atoms with E-state index >= 15 is 0 Å². The lowest BCUT2D eigenvalue weighted by atomic mass is 10.0. The minimum Gasteiger partial charge on any atom is -0.480 e. The maximum Gasteiger partial charge on any atom is 0.416 e. The van der Waals surface area contributed by atoms with Gasteiger partial charge in [0.1, 0.15) is 6.04 Å². The lowest BCUT2D eigenvalue weighted by Gasteiger charge is -2.16. The maximum absolute atomic E-state index is 12.7. The Bertz CT molecular complexity index is 787. The topological polar surface area (TPSA) is 66.4 Å².